The maximum Gasteiger partial charge on any atom is 0.260 e. The molecule has 0 saturated carbocycles. The number of rotatable bonds is 6. The van der Waals surface area contributed by atoms with Crippen molar-refractivity contribution in [3.8, 4) is 11.8 Å². The molecule has 2 heteroatoms. The Balaban J connectivity index is 1.94. The summed E-state index contributed by atoms with van der Waals surface area (Å²) in [5.74, 6) is 6.42. The first-order valence-corrected chi connectivity index (χ1v) is 11.4. The van der Waals surface area contributed by atoms with E-state index >= 15 is 0 Å². The summed E-state index contributed by atoms with van der Waals surface area (Å²) >= 11 is 0. The lowest BCUT2D eigenvalue weighted by atomic mass is 10.2. The number of benzene rings is 3. The van der Waals surface area contributed by atoms with Gasteiger partial charge in [-0.05, 0) is 35.5 Å². The van der Waals surface area contributed by atoms with Crippen molar-refractivity contribution >= 4 is 18.7 Å². The molecular formula is C25H24OSi. The van der Waals surface area contributed by atoms with Crippen molar-refractivity contribution in [3.63, 3.8) is 0 Å². The molecule has 0 radical (unpaired) electrons. The third-order valence-corrected chi connectivity index (χ3v) is 8.50. The summed E-state index contributed by atoms with van der Waals surface area (Å²) in [6.45, 7) is 2.48. The molecule has 0 aliphatic carbocycles. The number of hydrogen-bond donors (Lipinski definition) is 0. The maximum atomic E-state index is 6.64. The Hall–Kier alpha value is -2.86. The van der Waals surface area contributed by atoms with Gasteiger partial charge in [0.15, 0.2) is 0 Å². The quantitative estimate of drug-likeness (QED) is 0.356. The summed E-state index contributed by atoms with van der Waals surface area (Å²) in [5, 5.41) is 2.55. The zero-order chi connectivity index (χ0) is 18.8. The summed E-state index contributed by atoms with van der Waals surface area (Å²) in [7, 11) is -2.40. The van der Waals surface area contributed by atoms with Gasteiger partial charge in [-0.2, -0.15) is 0 Å². The molecule has 0 aliphatic heterocycles. The van der Waals surface area contributed by atoms with Crippen LogP contribution in [-0.4, -0.2) is 14.9 Å². The second-order valence-electron chi connectivity index (χ2n) is 6.29. The minimum atomic E-state index is -2.40. The van der Waals surface area contributed by atoms with Gasteiger partial charge < -0.3 is 4.43 Å². The second-order valence-corrected chi connectivity index (χ2v) is 9.79. The summed E-state index contributed by atoms with van der Waals surface area (Å²) < 4.78 is 6.64. The van der Waals surface area contributed by atoms with Crippen molar-refractivity contribution in [1.82, 2.24) is 0 Å². The minimum Gasteiger partial charge on any atom is -0.397 e. The Morgan fingerprint density at radius 2 is 1.30 bits per heavy atom. The molecule has 0 unspecified atom stereocenters. The number of allylic oxidation sites excluding steroid dienone is 2. The van der Waals surface area contributed by atoms with Crippen LogP contribution in [0.1, 0.15) is 12.5 Å². The molecule has 1 nitrogen and oxygen atoms in total. The highest BCUT2D eigenvalue weighted by atomic mass is 28.4. The second kappa shape index (κ2) is 9.73. The van der Waals surface area contributed by atoms with E-state index in [1.807, 2.05) is 30.3 Å². The molecule has 3 rings (SSSR count). The molecule has 3 aromatic carbocycles. The minimum absolute atomic E-state index is 0.419. The van der Waals surface area contributed by atoms with E-state index in [1.54, 1.807) is 0 Å². The highest BCUT2D eigenvalue weighted by Crippen LogP contribution is 2.14. The van der Waals surface area contributed by atoms with E-state index < -0.39 is 8.32 Å². The first kappa shape index (κ1) is 18.9. The van der Waals surface area contributed by atoms with Crippen molar-refractivity contribution in [2.45, 2.75) is 13.0 Å². The van der Waals surface area contributed by atoms with Gasteiger partial charge in [0, 0.05) is 5.56 Å². The zero-order valence-corrected chi connectivity index (χ0v) is 16.6. The van der Waals surface area contributed by atoms with Crippen molar-refractivity contribution < 1.29 is 4.43 Å². The fourth-order valence-corrected chi connectivity index (χ4v) is 6.75. The van der Waals surface area contributed by atoms with Crippen LogP contribution < -0.4 is 10.4 Å². The van der Waals surface area contributed by atoms with Crippen LogP contribution in [0.25, 0.3) is 0 Å². The van der Waals surface area contributed by atoms with Gasteiger partial charge >= 0.3 is 0 Å². The van der Waals surface area contributed by atoms with Gasteiger partial charge in [0.25, 0.3) is 8.32 Å². The molecule has 0 amide bonds. The first-order valence-electron chi connectivity index (χ1n) is 9.25. The Morgan fingerprint density at radius 3 is 1.81 bits per heavy atom. The topological polar surface area (TPSA) is 9.23 Å². The van der Waals surface area contributed by atoms with Gasteiger partial charge in [0.1, 0.15) is 0 Å². The molecule has 0 N–H and O–H groups in total. The fraction of sp³-hybridized carbons (Fsp3) is 0.120. The monoisotopic (exact) mass is 368 g/mol. The van der Waals surface area contributed by atoms with Crippen LogP contribution in [0.15, 0.2) is 103 Å². The van der Waals surface area contributed by atoms with E-state index in [2.05, 4.69) is 91.6 Å². The van der Waals surface area contributed by atoms with Gasteiger partial charge in [0.2, 0.25) is 0 Å². The van der Waals surface area contributed by atoms with Gasteiger partial charge in [-0.1, -0.05) is 103 Å². The molecular weight excluding hydrogens is 344 g/mol. The van der Waals surface area contributed by atoms with Crippen LogP contribution in [0, 0.1) is 11.8 Å². The van der Waals surface area contributed by atoms with E-state index in [0.717, 1.165) is 11.6 Å². The molecule has 0 aliphatic rings. The van der Waals surface area contributed by atoms with Gasteiger partial charge in [0.05, 0.1) is 6.61 Å². The van der Waals surface area contributed by atoms with Crippen LogP contribution in [0.4, 0.5) is 0 Å². The van der Waals surface area contributed by atoms with Crippen LogP contribution in [0.5, 0.6) is 0 Å². The Kier molecular flexibility index (Phi) is 6.82. The van der Waals surface area contributed by atoms with E-state index in [9.17, 15) is 0 Å². The van der Waals surface area contributed by atoms with Gasteiger partial charge in [-0.3, -0.25) is 0 Å². The molecule has 0 atom stereocenters. The third kappa shape index (κ3) is 4.86. The smallest absolute Gasteiger partial charge is 0.260 e. The molecule has 0 heterocycles. The standard InChI is InChI=1S/C25H24OSi/c1-2-3-22-27(24-17-9-5-10-18-24,25-19-11-6-12-20-25)26-21-13-16-23-14-7-4-8-15-23/h2-12,14-15,17-20H,21-22H2,1H3/b3-2+. The van der Waals surface area contributed by atoms with Crippen LogP contribution in [-0.2, 0) is 4.43 Å². The van der Waals surface area contributed by atoms with E-state index in [1.165, 1.54) is 10.4 Å². The summed E-state index contributed by atoms with van der Waals surface area (Å²) in [6.07, 6.45) is 4.32. The number of hydrogen-bond acceptors (Lipinski definition) is 1. The molecule has 0 spiro atoms. The van der Waals surface area contributed by atoms with Crippen molar-refractivity contribution in [2.75, 3.05) is 6.61 Å². The molecule has 134 valence electrons. The Morgan fingerprint density at radius 1 is 0.778 bits per heavy atom. The van der Waals surface area contributed by atoms with E-state index in [4.69, 9.17) is 4.43 Å². The third-order valence-electron chi connectivity index (χ3n) is 4.52. The predicted octanol–water partition coefficient (Wildman–Crippen LogP) is 4.39. The lowest BCUT2D eigenvalue weighted by Gasteiger charge is -2.31. The zero-order valence-electron chi connectivity index (χ0n) is 15.6. The average molecular weight is 369 g/mol. The summed E-state index contributed by atoms with van der Waals surface area (Å²) in [4.78, 5) is 0. The van der Waals surface area contributed by atoms with Crippen molar-refractivity contribution in [2.24, 2.45) is 0 Å². The highest BCUT2D eigenvalue weighted by Gasteiger charge is 2.38. The lowest BCUT2D eigenvalue weighted by molar-refractivity contribution is 0.371. The molecule has 3 aromatic rings. The SMILES string of the molecule is C/C=C/C[Si](OCC#Cc1ccccc1)(c1ccccc1)c1ccccc1. The fourth-order valence-electron chi connectivity index (χ4n) is 3.15. The summed E-state index contributed by atoms with van der Waals surface area (Å²) in [6, 6.07) is 32.2. The first-order chi connectivity index (χ1) is 13.3. The van der Waals surface area contributed by atoms with Crippen molar-refractivity contribution in [3.05, 3.63) is 109 Å². The lowest BCUT2D eigenvalue weighted by Crippen LogP contribution is -2.60. The molecule has 0 aromatic heterocycles. The van der Waals surface area contributed by atoms with Gasteiger partial charge in [-0.25, -0.2) is 0 Å². The summed E-state index contributed by atoms with van der Waals surface area (Å²) in [5.41, 5.74) is 1.02. The van der Waals surface area contributed by atoms with Gasteiger partial charge in [-0.15, -0.1) is 0 Å². The largest absolute Gasteiger partial charge is 0.397 e. The van der Waals surface area contributed by atoms with Crippen LogP contribution in [0.2, 0.25) is 6.04 Å². The van der Waals surface area contributed by atoms with Crippen LogP contribution >= 0.6 is 0 Å². The Bertz CT molecular complexity index is 867. The Labute approximate surface area is 163 Å². The van der Waals surface area contributed by atoms with Crippen molar-refractivity contribution in [1.29, 1.82) is 0 Å². The molecule has 27 heavy (non-hydrogen) atoms. The molecule has 0 fully saturated rings. The van der Waals surface area contributed by atoms with E-state index in [-0.39, 0.29) is 0 Å². The molecule has 0 bridgehead atoms. The molecule has 0 saturated heterocycles. The van der Waals surface area contributed by atoms with Crippen LogP contribution in [0.3, 0.4) is 0 Å². The normalized spacial score (nSPS) is 11.1. The maximum absolute atomic E-state index is 6.64. The van der Waals surface area contributed by atoms with E-state index in [0.29, 0.717) is 6.61 Å². The predicted molar refractivity (Wildman–Crippen MR) is 117 cm³/mol. The average Bonchev–Trinajstić information content (AvgIpc) is 2.75. The highest BCUT2D eigenvalue weighted by molar-refractivity contribution is 6.97.